The summed E-state index contributed by atoms with van der Waals surface area (Å²) in [5.74, 6) is 0.794. The topological polar surface area (TPSA) is 32.7 Å². The van der Waals surface area contributed by atoms with Crippen LogP contribution in [0.1, 0.15) is 46.5 Å². The van der Waals surface area contributed by atoms with Crippen LogP contribution in [0.4, 0.5) is 0 Å². The highest BCUT2D eigenvalue weighted by molar-refractivity contribution is 4.95. The summed E-state index contributed by atoms with van der Waals surface area (Å²) >= 11 is 0. The zero-order valence-electron chi connectivity index (χ0n) is 11.5. The normalized spacial score (nSPS) is 39.2. The van der Waals surface area contributed by atoms with Gasteiger partial charge in [0.2, 0.25) is 0 Å². The van der Waals surface area contributed by atoms with Gasteiger partial charge < -0.3 is 9.84 Å². The Morgan fingerprint density at radius 3 is 2.76 bits per heavy atom. The molecule has 0 spiro atoms. The van der Waals surface area contributed by atoms with Gasteiger partial charge >= 0.3 is 0 Å². The maximum absolute atomic E-state index is 10.3. The summed E-state index contributed by atoms with van der Waals surface area (Å²) in [5.41, 5.74) is 0.0690. The van der Waals surface area contributed by atoms with Gasteiger partial charge in [0, 0.05) is 18.1 Å². The van der Waals surface area contributed by atoms with Gasteiger partial charge in [-0.05, 0) is 39.0 Å². The first kappa shape index (κ1) is 13.3. The van der Waals surface area contributed by atoms with Crippen molar-refractivity contribution < 1.29 is 9.84 Å². The number of rotatable bonds is 2. The third kappa shape index (κ3) is 2.83. The first-order chi connectivity index (χ1) is 8.04. The first-order valence-corrected chi connectivity index (χ1v) is 7.07. The van der Waals surface area contributed by atoms with E-state index in [0.29, 0.717) is 6.04 Å². The second kappa shape index (κ2) is 5.25. The number of aliphatic hydroxyl groups excluding tert-OH is 1. The number of hydrogen-bond donors (Lipinski definition) is 1. The van der Waals surface area contributed by atoms with Gasteiger partial charge in [-0.15, -0.1) is 0 Å². The van der Waals surface area contributed by atoms with E-state index in [9.17, 15) is 5.11 Å². The molecule has 2 rings (SSSR count). The molecule has 0 amide bonds. The molecule has 2 fully saturated rings. The molecule has 17 heavy (non-hydrogen) atoms. The molecule has 3 atom stereocenters. The van der Waals surface area contributed by atoms with Crippen LogP contribution in [0.2, 0.25) is 0 Å². The van der Waals surface area contributed by atoms with E-state index < -0.39 is 0 Å². The molecule has 3 nitrogen and oxygen atoms in total. The molecule has 0 aromatic heterocycles. The zero-order chi connectivity index (χ0) is 12.5. The lowest BCUT2D eigenvalue weighted by Gasteiger charge is -2.50. The highest BCUT2D eigenvalue weighted by atomic mass is 16.5. The number of ether oxygens (including phenoxy) is 1. The predicted octanol–water partition coefficient (Wildman–Crippen LogP) is 2.04. The monoisotopic (exact) mass is 241 g/mol. The van der Waals surface area contributed by atoms with Crippen LogP contribution in [-0.2, 0) is 4.74 Å². The molecule has 1 saturated heterocycles. The molecule has 0 radical (unpaired) electrons. The van der Waals surface area contributed by atoms with Gasteiger partial charge in [-0.25, -0.2) is 0 Å². The number of hydrogen-bond acceptors (Lipinski definition) is 3. The van der Waals surface area contributed by atoms with Crippen LogP contribution in [0.5, 0.6) is 0 Å². The smallest absolute Gasteiger partial charge is 0.0695 e. The fourth-order valence-corrected chi connectivity index (χ4v) is 3.41. The summed E-state index contributed by atoms with van der Waals surface area (Å²) in [6, 6.07) is 0.340. The first-order valence-electron chi connectivity index (χ1n) is 7.07. The standard InChI is InChI=1S/C14H27NO2/c1-4-11-5-6-13(16)12(9-11)15-7-8-17-10-14(15,2)3/h11-13,16H,4-10H2,1-3H3. The number of morpholine rings is 1. The summed E-state index contributed by atoms with van der Waals surface area (Å²) in [6.45, 7) is 9.29. The van der Waals surface area contributed by atoms with E-state index in [2.05, 4.69) is 25.7 Å². The van der Waals surface area contributed by atoms with Crippen LogP contribution >= 0.6 is 0 Å². The van der Waals surface area contributed by atoms with Crippen molar-refractivity contribution >= 4 is 0 Å². The van der Waals surface area contributed by atoms with Gasteiger partial charge in [0.05, 0.1) is 19.3 Å². The van der Waals surface area contributed by atoms with Gasteiger partial charge in [-0.1, -0.05) is 13.3 Å². The minimum Gasteiger partial charge on any atom is -0.391 e. The Morgan fingerprint density at radius 1 is 1.35 bits per heavy atom. The largest absolute Gasteiger partial charge is 0.391 e. The van der Waals surface area contributed by atoms with Crippen molar-refractivity contribution in [2.24, 2.45) is 5.92 Å². The van der Waals surface area contributed by atoms with Crippen LogP contribution in [0.15, 0.2) is 0 Å². The van der Waals surface area contributed by atoms with E-state index >= 15 is 0 Å². The summed E-state index contributed by atoms with van der Waals surface area (Å²) < 4.78 is 5.57. The summed E-state index contributed by atoms with van der Waals surface area (Å²) in [4.78, 5) is 2.49. The average Bonchev–Trinajstić information content (AvgIpc) is 2.30. The molecule has 3 heteroatoms. The Bertz CT molecular complexity index is 255. The lowest BCUT2D eigenvalue weighted by atomic mass is 9.80. The Hall–Kier alpha value is -0.120. The van der Waals surface area contributed by atoms with Gasteiger partial charge in [0.1, 0.15) is 0 Å². The summed E-state index contributed by atoms with van der Waals surface area (Å²) in [5, 5.41) is 10.3. The molecular weight excluding hydrogens is 214 g/mol. The van der Waals surface area contributed by atoms with Crippen LogP contribution < -0.4 is 0 Å². The highest BCUT2D eigenvalue weighted by Gasteiger charge is 2.40. The fourth-order valence-electron chi connectivity index (χ4n) is 3.41. The van der Waals surface area contributed by atoms with E-state index in [0.717, 1.165) is 38.5 Å². The van der Waals surface area contributed by atoms with Crippen LogP contribution in [0.3, 0.4) is 0 Å². The molecule has 0 aromatic rings. The lowest BCUT2D eigenvalue weighted by molar-refractivity contribution is -0.110. The molecule has 3 unspecified atom stereocenters. The Kier molecular flexibility index (Phi) is 4.11. The SMILES string of the molecule is CCC1CCC(O)C(N2CCOCC2(C)C)C1. The maximum Gasteiger partial charge on any atom is 0.0695 e. The van der Waals surface area contributed by atoms with Crippen molar-refractivity contribution in [2.75, 3.05) is 19.8 Å². The van der Waals surface area contributed by atoms with E-state index in [1.54, 1.807) is 0 Å². The molecule has 1 heterocycles. The number of aliphatic hydroxyl groups is 1. The minimum absolute atomic E-state index is 0.0690. The van der Waals surface area contributed by atoms with E-state index in [4.69, 9.17) is 4.74 Å². The Morgan fingerprint density at radius 2 is 2.12 bits per heavy atom. The maximum atomic E-state index is 10.3. The van der Waals surface area contributed by atoms with Crippen molar-refractivity contribution in [3.05, 3.63) is 0 Å². The Balaban J connectivity index is 2.07. The summed E-state index contributed by atoms with van der Waals surface area (Å²) in [6.07, 6.45) is 4.42. The molecule has 1 aliphatic heterocycles. The molecular formula is C14H27NO2. The minimum atomic E-state index is -0.143. The third-order valence-corrected chi connectivity index (χ3v) is 4.58. The second-order valence-corrected chi connectivity index (χ2v) is 6.28. The van der Waals surface area contributed by atoms with E-state index in [1.165, 1.54) is 12.8 Å². The van der Waals surface area contributed by atoms with E-state index in [1.807, 2.05) is 0 Å². The van der Waals surface area contributed by atoms with Crippen LogP contribution in [0.25, 0.3) is 0 Å². The van der Waals surface area contributed by atoms with Crippen LogP contribution in [-0.4, -0.2) is 47.4 Å². The van der Waals surface area contributed by atoms with Crippen molar-refractivity contribution in [1.29, 1.82) is 0 Å². The molecule has 2 aliphatic rings. The second-order valence-electron chi connectivity index (χ2n) is 6.28. The van der Waals surface area contributed by atoms with E-state index in [-0.39, 0.29) is 11.6 Å². The van der Waals surface area contributed by atoms with Gasteiger partial charge in [-0.3, -0.25) is 4.90 Å². The highest BCUT2D eigenvalue weighted by Crippen LogP contribution is 2.34. The van der Waals surface area contributed by atoms with Crippen molar-refractivity contribution in [3.63, 3.8) is 0 Å². The lowest BCUT2D eigenvalue weighted by Crippen LogP contribution is -2.61. The molecule has 1 aliphatic carbocycles. The average molecular weight is 241 g/mol. The predicted molar refractivity (Wildman–Crippen MR) is 69.0 cm³/mol. The third-order valence-electron chi connectivity index (χ3n) is 4.58. The van der Waals surface area contributed by atoms with Crippen molar-refractivity contribution in [2.45, 2.75) is 64.1 Å². The molecule has 0 bridgehead atoms. The Labute approximate surface area is 105 Å². The van der Waals surface area contributed by atoms with Gasteiger partial charge in [-0.2, -0.15) is 0 Å². The van der Waals surface area contributed by atoms with Gasteiger partial charge in [0.15, 0.2) is 0 Å². The zero-order valence-corrected chi connectivity index (χ0v) is 11.5. The molecule has 1 N–H and O–H groups in total. The fraction of sp³-hybridized carbons (Fsp3) is 1.00. The molecule has 100 valence electrons. The van der Waals surface area contributed by atoms with Crippen LogP contribution in [0, 0.1) is 5.92 Å². The molecule has 0 aromatic carbocycles. The van der Waals surface area contributed by atoms with Crippen molar-refractivity contribution in [3.8, 4) is 0 Å². The quantitative estimate of drug-likeness (QED) is 0.803. The molecule has 1 saturated carbocycles. The number of nitrogens with zero attached hydrogens (tertiary/aromatic N) is 1. The summed E-state index contributed by atoms with van der Waals surface area (Å²) in [7, 11) is 0. The van der Waals surface area contributed by atoms with Gasteiger partial charge in [0.25, 0.3) is 0 Å². The van der Waals surface area contributed by atoms with Crippen molar-refractivity contribution in [1.82, 2.24) is 4.90 Å².